The van der Waals surface area contributed by atoms with Gasteiger partial charge in [0.25, 0.3) is 0 Å². The summed E-state index contributed by atoms with van der Waals surface area (Å²) in [5.41, 5.74) is 2.18. The number of nitrogens with one attached hydrogen (secondary N) is 1. The summed E-state index contributed by atoms with van der Waals surface area (Å²) in [7, 11) is -3.82. The van der Waals surface area contributed by atoms with Crippen LogP contribution < -0.4 is 10.5 Å². The molecule has 2 amide bonds. The van der Waals surface area contributed by atoms with Crippen LogP contribution in [0.5, 0.6) is 0 Å². The molecule has 0 atom stereocenters. The monoisotopic (exact) mass is 497 g/mol. The van der Waals surface area contributed by atoms with Crippen molar-refractivity contribution in [2.45, 2.75) is 24.7 Å². The van der Waals surface area contributed by atoms with Gasteiger partial charge in [0.05, 0.1) is 28.8 Å². The second-order valence-corrected chi connectivity index (χ2v) is 9.74. The van der Waals surface area contributed by atoms with Crippen molar-refractivity contribution in [3.63, 3.8) is 0 Å². The average Bonchev–Trinajstić information content (AvgIpc) is 3.28. The summed E-state index contributed by atoms with van der Waals surface area (Å²) in [6.45, 7) is 3.00. The fourth-order valence-electron chi connectivity index (χ4n) is 4.00. The number of urea groups is 1. The van der Waals surface area contributed by atoms with Crippen LogP contribution >= 0.6 is 0 Å². The summed E-state index contributed by atoms with van der Waals surface area (Å²) in [5.74, 6) is -0.0626. The molecule has 0 radical (unpaired) electrons. The number of sulfonamides is 1. The molecule has 0 saturated carbocycles. The Labute approximate surface area is 203 Å². The minimum atomic E-state index is -3.82. The molecule has 2 aromatic carbocycles. The number of likely N-dealkylation sites (tertiary alicyclic amines) is 1. The molecule has 184 valence electrons. The van der Waals surface area contributed by atoms with Crippen molar-refractivity contribution in [2.75, 3.05) is 25.0 Å². The molecule has 11 heteroatoms. The highest BCUT2D eigenvalue weighted by Crippen LogP contribution is 2.27. The summed E-state index contributed by atoms with van der Waals surface area (Å²) < 4.78 is 29.9. The normalized spacial score (nSPS) is 14.5. The van der Waals surface area contributed by atoms with E-state index in [9.17, 15) is 18.0 Å². The number of anilines is 1. The fraction of sp³-hybridized carbons (Fsp3) is 0.292. The van der Waals surface area contributed by atoms with Gasteiger partial charge < -0.3 is 9.64 Å². The number of carbonyl (C=O) groups excluding carboxylic acids is 2. The zero-order valence-electron chi connectivity index (χ0n) is 19.3. The number of hydrogen-bond donors (Lipinski definition) is 2. The third kappa shape index (κ3) is 5.69. The number of rotatable bonds is 6. The lowest BCUT2D eigenvalue weighted by molar-refractivity contribution is -0.149. The van der Waals surface area contributed by atoms with Crippen molar-refractivity contribution in [2.24, 2.45) is 11.1 Å². The van der Waals surface area contributed by atoms with Crippen molar-refractivity contribution >= 4 is 27.8 Å². The molecule has 4 rings (SSSR count). The van der Waals surface area contributed by atoms with Gasteiger partial charge in [-0.2, -0.15) is 0 Å². The van der Waals surface area contributed by atoms with Gasteiger partial charge in [-0.05, 0) is 44.0 Å². The number of esters is 1. The van der Waals surface area contributed by atoms with E-state index in [4.69, 9.17) is 9.88 Å². The van der Waals surface area contributed by atoms with Gasteiger partial charge in [0.15, 0.2) is 5.82 Å². The van der Waals surface area contributed by atoms with Crippen LogP contribution in [0.3, 0.4) is 0 Å². The van der Waals surface area contributed by atoms with E-state index >= 15 is 0 Å². The molecule has 2 heterocycles. The van der Waals surface area contributed by atoms with Crippen LogP contribution in [0.2, 0.25) is 0 Å². The van der Waals surface area contributed by atoms with Crippen molar-refractivity contribution in [1.82, 2.24) is 14.7 Å². The van der Waals surface area contributed by atoms with Gasteiger partial charge >= 0.3 is 12.0 Å². The van der Waals surface area contributed by atoms with Crippen molar-refractivity contribution in [3.8, 4) is 16.9 Å². The molecule has 1 aliphatic heterocycles. The minimum absolute atomic E-state index is 0.00517. The third-order valence-electron chi connectivity index (χ3n) is 5.83. The second kappa shape index (κ2) is 10.3. The average molecular weight is 498 g/mol. The number of carbonyl (C=O) groups is 2. The topological polar surface area (TPSA) is 137 Å². The molecule has 0 bridgehead atoms. The highest BCUT2D eigenvalue weighted by atomic mass is 32.2. The van der Waals surface area contributed by atoms with E-state index in [0.29, 0.717) is 49.7 Å². The molecule has 1 aliphatic rings. The van der Waals surface area contributed by atoms with Crippen LogP contribution in [0.15, 0.2) is 65.6 Å². The summed E-state index contributed by atoms with van der Waals surface area (Å²) in [4.78, 5) is 26.5. The lowest BCUT2D eigenvalue weighted by Crippen LogP contribution is -2.42. The molecule has 1 saturated heterocycles. The number of hydrogen-bond acceptors (Lipinski definition) is 6. The number of piperidine rings is 1. The number of benzene rings is 2. The first-order chi connectivity index (χ1) is 16.8. The molecule has 3 N–H and O–H groups in total. The second-order valence-electron chi connectivity index (χ2n) is 8.18. The number of amides is 2. The van der Waals surface area contributed by atoms with Crippen molar-refractivity contribution in [3.05, 3.63) is 60.7 Å². The molecule has 1 aromatic heterocycles. The molecular weight excluding hydrogens is 470 g/mol. The number of aromatic nitrogens is 2. The van der Waals surface area contributed by atoms with Gasteiger partial charge in [-0.3, -0.25) is 10.1 Å². The van der Waals surface area contributed by atoms with E-state index in [1.807, 2.05) is 30.3 Å². The van der Waals surface area contributed by atoms with Crippen LogP contribution in [0, 0.1) is 5.92 Å². The molecule has 1 fully saturated rings. The molecule has 10 nitrogen and oxygen atoms in total. The molecule has 0 unspecified atom stereocenters. The van der Waals surface area contributed by atoms with E-state index in [0.717, 1.165) is 5.56 Å². The Morgan fingerprint density at radius 3 is 2.34 bits per heavy atom. The van der Waals surface area contributed by atoms with Crippen LogP contribution in [-0.2, 0) is 19.6 Å². The van der Waals surface area contributed by atoms with E-state index < -0.39 is 10.0 Å². The number of nitrogens with zero attached hydrogens (tertiary/aromatic N) is 3. The van der Waals surface area contributed by atoms with Crippen LogP contribution in [-0.4, -0.2) is 54.8 Å². The van der Waals surface area contributed by atoms with Crippen LogP contribution in [0.4, 0.5) is 10.6 Å². The quantitative estimate of drug-likeness (QED) is 0.503. The Balaban J connectivity index is 1.55. The zero-order valence-corrected chi connectivity index (χ0v) is 20.1. The van der Waals surface area contributed by atoms with Gasteiger partial charge in [0, 0.05) is 24.7 Å². The maximum absolute atomic E-state index is 12.9. The van der Waals surface area contributed by atoms with Gasteiger partial charge in [-0.25, -0.2) is 23.0 Å². The maximum Gasteiger partial charge on any atom is 0.323 e. The first-order valence-electron chi connectivity index (χ1n) is 11.3. The predicted molar refractivity (Wildman–Crippen MR) is 130 cm³/mol. The Morgan fingerprint density at radius 2 is 1.74 bits per heavy atom. The smallest absolute Gasteiger partial charge is 0.323 e. The van der Waals surface area contributed by atoms with Gasteiger partial charge in [-0.15, -0.1) is 5.10 Å². The van der Waals surface area contributed by atoms with Crippen molar-refractivity contribution < 1.29 is 22.7 Å². The van der Waals surface area contributed by atoms with E-state index in [2.05, 4.69) is 10.4 Å². The van der Waals surface area contributed by atoms with E-state index in [1.165, 1.54) is 12.1 Å². The summed E-state index contributed by atoms with van der Waals surface area (Å²) in [6.07, 6.45) is 1.10. The molecule has 0 aliphatic carbocycles. The number of nitrogens with two attached hydrogens (primary N) is 1. The van der Waals surface area contributed by atoms with Gasteiger partial charge in [0.1, 0.15) is 0 Å². The van der Waals surface area contributed by atoms with E-state index in [1.54, 1.807) is 34.7 Å². The van der Waals surface area contributed by atoms with E-state index in [-0.39, 0.29) is 22.8 Å². The largest absolute Gasteiger partial charge is 0.466 e. The van der Waals surface area contributed by atoms with Crippen LogP contribution in [0.25, 0.3) is 16.9 Å². The minimum Gasteiger partial charge on any atom is -0.466 e. The first kappa shape index (κ1) is 24.4. The van der Waals surface area contributed by atoms with Gasteiger partial charge in [-0.1, -0.05) is 30.3 Å². The first-order valence-corrected chi connectivity index (χ1v) is 12.8. The SMILES string of the molecule is CCOC(=O)C1CCN(C(=O)Nc2cc(-c3ccccc3)n(-c3ccc(S(N)(=O)=O)cc3)n2)CC1. The summed E-state index contributed by atoms with van der Waals surface area (Å²) in [5, 5.41) is 12.6. The maximum atomic E-state index is 12.9. The lowest BCUT2D eigenvalue weighted by Gasteiger charge is -2.30. The number of ether oxygens (including phenoxy) is 1. The Kier molecular flexibility index (Phi) is 7.17. The Bertz CT molecular complexity index is 1300. The lowest BCUT2D eigenvalue weighted by atomic mass is 9.97. The summed E-state index contributed by atoms with van der Waals surface area (Å²) >= 11 is 0. The molecular formula is C24H27N5O5S. The highest BCUT2D eigenvalue weighted by Gasteiger charge is 2.28. The predicted octanol–water partition coefficient (Wildman–Crippen LogP) is 2.99. The fourth-order valence-corrected chi connectivity index (χ4v) is 4.51. The van der Waals surface area contributed by atoms with Gasteiger partial charge in [0.2, 0.25) is 10.0 Å². The van der Waals surface area contributed by atoms with Crippen LogP contribution in [0.1, 0.15) is 19.8 Å². The molecule has 0 spiro atoms. The number of primary sulfonamides is 1. The Morgan fingerprint density at radius 1 is 1.09 bits per heavy atom. The van der Waals surface area contributed by atoms with Crippen molar-refractivity contribution in [1.29, 1.82) is 0 Å². The molecule has 3 aromatic rings. The Hall–Kier alpha value is -3.70. The molecule has 35 heavy (non-hydrogen) atoms. The highest BCUT2D eigenvalue weighted by molar-refractivity contribution is 7.89. The summed E-state index contributed by atoms with van der Waals surface area (Å²) in [6, 6.07) is 17.0. The third-order valence-corrected chi connectivity index (χ3v) is 6.76. The zero-order chi connectivity index (χ0) is 25.0. The standard InChI is InChI=1S/C24H27N5O5S/c1-2-34-23(30)18-12-14-28(15-13-18)24(31)26-22-16-21(17-6-4-3-5-7-17)29(27-22)19-8-10-20(11-9-19)35(25,32)33/h3-11,16,18H,2,12-15H2,1H3,(H2,25,32,33)(H,26,27,31).